The molecule has 2 N–H and O–H groups in total. The van der Waals surface area contributed by atoms with E-state index in [0.717, 1.165) is 42.9 Å². The van der Waals surface area contributed by atoms with Crippen molar-refractivity contribution in [3.8, 4) is 0 Å². The van der Waals surface area contributed by atoms with Crippen molar-refractivity contribution in [2.75, 3.05) is 39.4 Å². The van der Waals surface area contributed by atoms with Crippen molar-refractivity contribution in [2.45, 2.75) is 0 Å². The Balaban J connectivity index is 1.66. The number of hydrogen-bond donors (Lipinski definition) is 2. The molecule has 6 nitrogen and oxygen atoms in total. The highest BCUT2D eigenvalue weighted by Crippen LogP contribution is 2.14. The van der Waals surface area contributed by atoms with Crippen LogP contribution in [0, 0.1) is 0 Å². The normalized spacial score (nSPS) is 15.2. The molecule has 0 unspecified atom stereocenters. The maximum Gasteiger partial charge on any atom is 0.267 e. The fourth-order valence-corrected chi connectivity index (χ4v) is 3.61. The van der Waals surface area contributed by atoms with Gasteiger partial charge in [-0.15, -0.1) is 11.3 Å². The highest BCUT2D eigenvalue weighted by molar-refractivity contribution is 9.10. The van der Waals surface area contributed by atoms with E-state index in [1.807, 2.05) is 29.6 Å². The van der Waals surface area contributed by atoms with Crippen LogP contribution >= 0.6 is 27.3 Å². The molecular formula is C20H22BrN3O3S. The van der Waals surface area contributed by atoms with Crippen molar-refractivity contribution >= 4 is 45.2 Å². The van der Waals surface area contributed by atoms with Crippen LogP contribution in [-0.2, 0) is 9.53 Å². The predicted molar refractivity (Wildman–Crippen MR) is 114 cm³/mol. The third-order valence-corrected chi connectivity index (χ3v) is 5.63. The van der Waals surface area contributed by atoms with Gasteiger partial charge in [-0.3, -0.25) is 14.5 Å². The van der Waals surface area contributed by atoms with E-state index in [0.29, 0.717) is 11.4 Å². The minimum absolute atomic E-state index is 0.225. The van der Waals surface area contributed by atoms with Gasteiger partial charge in [0, 0.05) is 30.7 Å². The Labute approximate surface area is 176 Å². The number of morpholine rings is 1. The van der Waals surface area contributed by atoms with Crippen molar-refractivity contribution in [2.24, 2.45) is 0 Å². The quantitative estimate of drug-likeness (QED) is 0.619. The summed E-state index contributed by atoms with van der Waals surface area (Å²) >= 11 is 4.73. The summed E-state index contributed by atoms with van der Waals surface area (Å²) in [6.45, 7) is 4.43. The lowest BCUT2D eigenvalue weighted by molar-refractivity contribution is -0.117. The summed E-state index contributed by atoms with van der Waals surface area (Å²) in [5.74, 6) is -0.595. The van der Waals surface area contributed by atoms with Crippen molar-refractivity contribution < 1.29 is 14.3 Å². The molecule has 2 amide bonds. The van der Waals surface area contributed by atoms with Gasteiger partial charge in [-0.2, -0.15) is 0 Å². The van der Waals surface area contributed by atoms with E-state index >= 15 is 0 Å². The summed E-state index contributed by atoms with van der Waals surface area (Å²) in [6.07, 6.45) is 1.68. The topological polar surface area (TPSA) is 70.7 Å². The SMILES string of the molecule is O=C(NCCN1CCOCC1)C(=Cc1ccc(Br)cc1)NC(=O)c1cccs1. The molecule has 1 aliphatic rings. The second kappa shape index (κ2) is 10.5. The van der Waals surface area contributed by atoms with E-state index in [9.17, 15) is 9.59 Å². The minimum Gasteiger partial charge on any atom is -0.379 e. The molecule has 0 bridgehead atoms. The van der Waals surface area contributed by atoms with E-state index in [-0.39, 0.29) is 17.5 Å². The maximum atomic E-state index is 12.7. The molecule has 0 aliphatic carbocycles. The molecule has 0 spiro atoms. The Bertz CT molecular complexity index is 816. The molecule has 1 aliphatic heterocycles. The molecule has 0 radical (unpaired) electrons. The van der Waals surface area contributed by atoms with Crippen LogP contribution < -0.4 is 10.6 Å². The molecular weight excluding hydrogens is 442 g/mol. The summed E-state index contributed by atoms with van der Waals surface area (Å²) in [5.41, 5.74) is 1.05. The Kier molecular flexibility index (Phi) is 7.79. The zero-order valence-electron chi connectivity index (χ0n) is 15.3. The predicted octanol–water partition coefficient (Wildman–Crippen LogP) is 2.73. The van der Waals surface area contributed by atoms with E-state index in [1.54, 1.807) is 18.2 Å². The van der Waals surface area contributed by atoms with Crippen molar-refractivity contribution in [1.29, 1.82) is 0 Å². The van der Waals surface area contributed by atoms with Crippen LogP contribution in [0.1, 0.15) is 15.2 Å². The van der Waals surface area contributed by atoms with Crippen LogP contribution in [0.5, 0.6) is 0 Å². The highest BCUT2D eigenvalue weighted by Gasteiger charge is 2.16. The number of carbonyl (C=O) groups excluding carboxylic acids is 2. The number of benzene rings is 1. The van der Waals surface area contributed by atoms with Crippen LogP contribution in [0.4, 0.5) is 0 Å². The van der Waals surface area contributed by atoms with Crippen LogP contribution in [0.3, 0.4) is 0 Å². The number of ether oxygens (including phenoxy) is 1. The molecule has 1 aromatic carbocycles. The summed E-state index contributed by atoms with van der Waals surface area (Å²) in [6, 6.07) is 11.1. The summed E-state index contributed by atoms with van der Waals surface area (Å²) < 4.78 is 6.28. The molecule has 0 saturated carbocycles. The molecule has 2 aromatic rings. The van der Waals surface area contributed by atoms with Crippen LogP contribution in [-0.4, -0.2) is 56.1 Å². The van der Waals surface area contributed by atoms with Gasteiger partial charge in [-0.25, -0.2) is 0 Å². The maximum absolute atomic E-state index is 12.7. The smallest absolute Gasteiger partial charge is 0.267 e. The monoisotopic (exact) mass is 463 g/mol. The number of carbonyl (C=O) groups is 2. The van der Waals surface area contributed by atoms with Crippen molar-refractivity contribution in [1.82, 2.24) is 15.5 Å². The fraction of sp³-hybridized carbons (Fsp3) is 0.300. The average Bonchev–Trinajstić information content (AvgIpc) is 3.25. The first-order valence-corrected chi connectivity index (χ1v) is 10.7. The third kappa shape index (κ3) is 6.27. The lowest BCUT2D eigenvalue weighted by Crippen LogP contribution is -2.42. The first-order valence-electron chi connectivity index (χ1n) is 9.02. The fourth-order valence-electron chi connectivity index (χ4n) is 2.72. The Morgan fingerprint density at radius 2 is 1.93 bits per heavy atom. The van der Waals surface area contributed by atoms with Gasteiger partial charge < -0.3 is 15.4 Å². The second-order valence-electron chi connectivity index (χ2n) is 6.25. The number of nitrogens with one attached hydrogen (secondary N) is 2. The summed E-state index contributed by atoms with van der Waals surface area (Å²) in [5, 5.41) is 7.48. The Morgan fingerprint density at radius 1 is 1.18 bits per heavy atom. The summed E-state index contributed by atoms with van der Waals surface area (Å²) in [4.78, 5) is 28.0. The van der Waals surface area contributed by atoms with Gasteiger partial charge in [0.2, 0.25) is 0 Å². The molecule has 3 rings (SSSR count). The average molecular weight is 464 g/mol. The van der Waals surface area contributed by atoms with Gasteiger partial charge in [-0.1, -0.05) is 34.1 Å². The van der Waals surface area contributed by atoms with E-state index in [1.165, 1.54) is 11.3 Å². The van der Waals surface area contributed by atoms with Crippen molar-refractivity contribution in [3.05, 3.63) is 62.4 Å². The minimum atomic E-state index is -0.305. The largest absolute Gasteiger partial charge is 0.379 e. The van der Waals surface area contributed by atoms with E-state index in [2.05, 4.69) is 31.5 Å². The number of hydrogen-bond acceptors (Lipinski definition) is 5. The second-order valence-corrected chi connectivity index (χ2v) is 8.11. The molecule has 28 heavy (non-hydrogen) atoms. The zero-order valence-corrected chi connectivity index (χ0v) is 17.7. The van der Waals surface area contributed by atoms with Gasteiger partial charge in [0.25, 0.3) is 11.8 Å². The molecule has 0 atom stereocenters. The molecule has 148 valence electrons. The summed E-state index contributed by atoms with van der Waals surface area (Å²) in [7, 11) is 0. The van der Waals surface area contributed by atoms with Gasteiger partial charge in [0.1, 0.15) is 5.70 Å². The van der Waals surface area contributed by atoms with Crippen LogP contribution in [0.2, 0.25) is 0 Å². The molecule has 1 aromatic heterocycles. The zero-order chi connectivity index (χ0) is 19.8. The number of halogens is 1. The number of nitrogens with zero attached hydrogens (tertiary/aromatic N) is 1. The lowest BCUT2D eigenvalue weighted by Gasteiger charge is -2.26. The Morgan fingerprint density at radius 3 is 2.61 bits per heavy atom. The first kappa shape index (κ1) is 20.7. The number of rotatable bonds is 7. The Hall–Kier alpha value is -2.00. The number of amides is 2. The highest BCUT2D eigenvalue weighted by atomic mass is 79.9. The number of thiophene rings is 1. The molecule has 1 saturated heterocycles. The molecule has 1 fully saturated rings. The van der Waals surface area contributed by atoms with Gasteiger partial charge in [-0.05, 0) is 35.2 Å². The van der Waals surface area contributed by atoms with Gasteiger partial charge in [0.15, 0.2) is 0 Å². The van der Waals surface area contributed by atoms with E-state index < -0.39 is 0 Å². The first-order chi connectivity index (χ1) is 13.6. The van der Waals surface area contributed by atoms with Crippen molar-refractivity contribution in [3.63, 3.8) is 0 Å². The van der Waals surface area contributed by atoms with Crippen LogP contribution in [0.25, 0.3) is 6.08 Å². The van der Waals surface area contributed by atoms with Gasteiger partial charge >= 0.3 is 0 Å². The lowest BCUT2D eigenvalue weighted by atomic mass is 10.2. The van der Waals surface area contributed by atoms with Gasteiger partial charge in [0.05, 0.1) is 18.1 Å². The third-order valence-electron chi connectivity index (χ3n) is 4.24. The molecule has 2 heterocycles. The molecule has 8 heteroatoms. The van der Waals surface area contributed by atoms with Crippen LogP contribution in [0.15, 0.2) is 51.9 Å². The van der Waals surface area contributed by atoms with E-state index in [4.69, 9.17) is 4.74 Å². The standard InChI is InChI=1S/C20H22BrN3O3S/c21-16-5-3-15(4-6-16)14-17(23-20(26)18-2-1-13-28-18)19(25)22-7-8-24-9-11-27-12-10-24/h1-6,13-14H,7-12H2,(H,22,25)(H,23,26).